The van der Waals surface area contributed by atoms with Crippen molar-refractivity contribution < 1.29 is 14.3 Å². The SMILES string of the molecule is CCOCCN(CCOCC)C(CN)CC(=O)NC(C)C. The van der Waals surface area contributed by atoms with Gasteiger partial charge in [0.2, 0.25) is 5.91 Å². The maximum absolute atomic E-state index is 11.9. The molecule has 1 atom stereocenters. The largest absolute Gasteiger partial charge is 0.380 e. The van der Waals surface area contributed by atoms with Crippen LogP contribution in [0.2, 0.25) is 0 Å². The minimum atomic E-state index is 0.0182. The maximum atomic E-state index is 11.9. The summed E-state index contributed by atoms with van der Waals surface area (Å²) in [5, 5.41) is 2.91. The zero-order valence-corrected chi connectivity index (χ0v) is 14.1. The highest BCUT2D eigenvalue weighted by atomic mass is 16.5. The predicted molar refractivity (Wildman–Crippen MR) is 85.3 cm³/mol. The number of nitrogens with one attached hydrogen (secondary N) is 1. The summed E-state index contributed by atoms with van der Waals surface area (Å²) >= 11 is 0. The van der Waals surface area contributed by atoms with Gasteiger partial charge in [0.15, 0.2) is 0 Å². The molecule has 0 rings (SSSR count). The highest BCUT2D eigenvalue weighted by molar-refractivity contribution is 5.76. The van der Waals surface area contributed by atoms with Gasteiger partial charge >= 0.3 is 0 Å². The summed E-state index contributed by atoms with van der Waals surface area (Å²) in [4.78, 5) is 14.1. The number of carbonyl (C=O) groups is 1. The second-order valence-corrected chi connectivity index (χ2v) is 5.25. The smallest absolute Gasteiger partial charge is 0.221 e. The highest BCUT2D eigenvalue weighted by Gasteiger charge is 2.20. The van der Waals surface area contributed by atoms with E-state index < -0.39 is 0 Å². The molecule has 0 saturated heterocycles. The van der Waals surface area contributed by atoms with Gasteiger partial charge in [0.25, 0.3) is 0 Å². The molecule has 6 nitrogen and oxygen atoms in total. The molecular weight excluding hydrogens is 270 g/mol. The van der Waals surface area contributed by atoms with Crippen molar-refractivity contribution in [2.24, 2.45) is 5.73 Å². The summed E-state index contributed by atoms with van der Waals surface area (Å²) < 4.78 is 10.8. The van der Waals surface area contributed by atoms with Crippen LogP contribution >= 0.6 is 0 Å². The second-order valence-electron chi connectivity index (χ2n) is 5.25. The predicted octanol–water partition coefficient (Wildman–Crippen LogP) is 0.603. The van der Waals surface area contributed by atoms with Gasteiger partial charge in [-0.3, -0.25) is 9.69 Å². The summed E-state index contributed by atoms with van der Waals surface area (Å²) in [5.74, 6) is 0.0401. The molecule has 21 heavy (non-hydrogen) atoms. The molecule has 0 aliphatic heterocycles. The first-order chi connectivity index (χ1) is 10.0. The van der Waals surface area contributed by atoms with E-state index in [4.69, 9.17) is 15.2 Å². The van der Waals surface area contributed by atoms with E-state index in [-0.39, 0.29) is 18.0 Å². The zero-order valence-electron chi connectivity index (χ0n) is 14.1. The molecule has 0 spiro atoms. The first kappa shape index (κ1) is 20.3. The van der Waals surface area contributed by atoms with Crippen LogP contribution in [0, 0.1) is 0 Å². The quantitative estimate of drug-likeness (QED) is 0.487. The van der Waals surface area contributed by atoms with E-state index >= 15 is 0 Å². The summed E-state index contributed by atoms with van der Waals surface area (Å²) in [6.07, 6.45) is 0.410. The molecule has 0 aromatic rings. The molecule has 3 N–H and O–H groups in total. The molecule has 0 saturated carbocycles. The van der Waals surface area contributed by atoms with Gasteiger partial charge in [-0.1, -0.05) is 0 Å². The van der Waals surface area contributed by atoms with E-state index in [0.29, 0.717) is 39.4 Å². The van der Waals surface area contributed by atoms with Gasteiger partial charge in [-0.2, -0.15) is 0 Å². The van der Waals surface area contributed by atoms with Crippen molar-refractivity contribution in [1.82, 2.24) is 10.2 Å². The summed E-state index contributed by atoms with van der Waals surface area (Å²) in [6.45, 7) is 12.5. The van der Waals surface area contributed by atoms with Crippen molar-refractivity contribution >= 4 is 5.91 Å². The van der Waals surface area contributed by atoms with Crippen LogP contribution in [0.4, 0.5) is 0 Å². The van der Waals surface area contributed by atoms with Crippen molar-refractivity contribution in [2.45, 2.75) is 46.2 Å². The van der Waals surface area contributed by atoms with Gasteiger partial charge in [0.1, 0.15) is 0 Å². The molecule has 6 heteroatoms. The fourth-order valence-electron chi connectivity index (χ4n) is 2.09. The number of ether oxygens (including phenoxy) is 2. The molecule has 0 bridgehead atoms. The third kappa shape index (κ3) is 10.6. The van der Waals surface area contributed by atoms with E-state index in [1.54, 1.807) is 0 Å². The van der Waals surface area contributed by atoms with Crippen molar-refractivity contribution in [1.29, 1.82) is 0 Å². The minimum Gasteiger partial charge on any atom is -0.380 e. The number of hydrogen-bond acceptors (Lipinski definition) is 5. The lowest BCUT2D eigenvalue weighted by molar-refractivity contribution is -0.123. The van der Waals surface area contributed by atoms with E-state index in [9.17, 15) is 4.79 Å². The van der Waals surface area contributed by atoms with Gasteiger partial charge in [0, 0.05) is 51.4 Å². The lowest BCUT2D eigenvalue weighted by Gasteiger charge is -2.30. The van der Waals surface area contributed by atoms with Gasteiger partial charge in [0.05, 0.1) is 13.2 Å². The van der Waals surface area contributed by atoms with Crippen LogP contribution in [-0.4, -0.2) is 69.0 Å². The topological polar surface area (TPSA) is 76.8 Å². The molecule has 0 aromatic carbocycles. The van der Waals surface area contributed by atoms with Crippen molar-refractivity contribution in [3.05, 3.63) is 0 Å². The minimum absolute atomic E-state index is 0.0182. The number of amides is 1. The lowest BCUT2D eigenvalue weighted by Crippen LogP contribution is -2.47. The average Bonchev–Trinajstić information content (AvgIpc) is 2.43. The standard InChI is InChI=1S/C15H33N3O3/c1-5-20-9-7-18(8-10-21-6-2)14(12-16)11-15(19)17-13(3)4/h13-14H,5-12,16H2,1-4H3,(H,17,19). The van der Waals surface area contributed by atoms with Crippen molar-refractivity contribution in [3.8, 4) is 0 Å². The molecule has 0 fully saturated rings. The summed E-state index contributed by atoms with van der Waals surface area (Å²) in [5.41, 5.74) is 5.86. The summed E-state index contributed by atoms with van der Waals surface area (Å²) in [6, 6.07) is 0.167. The summed E-state index contributed by atoms with van der Waals surface area (Å²) in [7, 11) is 0. The fraction of sp³-hybridized carbons (Fsp3) is 0.933. The van der Waals surface area contributed by atoms with Crippen LogP contribution in [0.1, 0.15) is 34.1 Å². The van der Waals surface area contributed by atoms with Gasteiger partial charge in [-0.05, 0) is 27.7 Å². The molecule has 0 aromatic heterocycles. The van der Waals surface area contributed by atoms with Crippen LogP contribution in [-0.2, 0) is 14.3 Å². The van der Waals surface area contributed by atoms with Crippen molar-refractivity contribution in [2.75, 3.05) is 46.1 Å². The molecule has 0 heterocycles. The lowest BCUT2D eigenvalue weighted by atomic mass is 10.1. The Balaban J connectivity index is 4.44. The Morgan fingerprint density at radius 3 is 2.05 bits per heavy atom. The molecule has 0 aliphatic carbocycles. The van der Waals surface area contributed by atoms with Crippen molar-refractivity contribution in [3.63, 3.8) is 0 Å². The average molecular weight is 303 g/mol. The van der Waals surface area contributed by atoms with Gasteiger partial charge in [-0.15, -0.1) is 0 Å². The Bertz CT molecular complexity index is 253. The van der Waals surface area contributed by atoms with Crippen LogP contribution in [0.3, 0.4) is 0 Å². The fourth-order valence-corrected chi connectivity index (χ4v) is 2.09. The normalized spacial score (nSPS) is 12.9. The number of rotatable bonds is 13. The molecule has 0 aliphatic rings. The number of nitrogens with zero attached hydrogens (tertiary/aromatic N) is 1. The maximum Gasteiger partial charge on any atom is 0.221 e. The van der Waals surface area contributed by atoms with E-state index in [0.717, 1.165) is 13.1 Å². The first-order valence-electron chi connectivity index (χ1n) is 7.94. The molecule has 126 valence electrons. The molecule has 1 amide bonds. The molecule has 1 unspecified atom stereocenters. The Kier molecular flexibility index (Phi) is 12.6. The third-order valence-corrected chi connectivity index (χ3v) is 3.11. The zero-order chi connectivity index (χ0) is 16.1. The Labute approximate surface area is 129 Å². The third-order valence-electron chi connectivity index (χ3n) is 3.11. The van der Waals surface area contributed by atoms with Crippen LogP contribution in [0.25, 0.3) is 0 Å². The Morgan fingerprint density at radius 2 is 1.67 bits per heavy atom. The molecule has 0 radical (unpaired) electrons. The Hall–Kier alpha value is -0.690. The van der Waals surface area contributed by atoms with E-state index in [1.165, 1.54) is 0 Å². The number of hydrogen-bond donors (Lipinski definition) is 2. The monoisotopic (exact) mass is 303 g/mol. The second kappa shape index (κ2) is 13.0. The van der Waals surface area contributed by atoms with Gasteiger partial charge < -0.3 is 20.5 Å². The van der Waals surface area contributed by atoms with E-state index in [2.05, 4.69) is 10.2 Å². The Morgan fingerprint density at radius 1 is 1.14 bits per heavy atom. The molecular formula is C15H33N3O3. The first-order valence-corrected chi connectivity index (χ1v) is 7.94. The van der Waals surface area contributed by atoms with Gasteiger partial charge in [-0.25, -0.2) is 0 Å². The van der Waals surface area contributed by atoms with E-state index in [1.807, 2.05) is 27.7 Å². The number of nitrogens with two attached hydrogens (primary N) is 1. The number of carbonyl (C=O) groups excluding carboxylic acids is 1. The van der Waals surface area contributed by atoms with Crippen LogP contribution in [0.15, 0.2) is 0 Å². The highest BCUT2D eigenvalue weighted by Crippen LogP contribution is 2.04. The van der Waals surface area contributed by atoms with Crippen LogP contribution < -0.4 is 11.1 Å². The van der Waals surface area contributed by atoms with Crippen LogP contribution in [0.5, 0.6) is 0 Å².